The number of pyridine rings is 1. The number of halogens is 4. The summed E-state index contributed by atoms with van der Waals surface area (Å²) in [7, 11) is -3.36. The van der Waals surface area contributed by atoms with Crippen molar-refractivity contribution in [3.63, 3.8) is 0 Å². The van der Waals surface area contributed by atoms with Gasteiger partial charge in [-0.3, -0.25) is 0 Å². The molecule has 23 heavy (non-hydrogen) atoms. The molecule has 5 nitrogen and oxygen atoms in total. The third kappa shape index (κ3) is 3.57. The summed E-state index contributed by atoms with van der Waals surface area (Å²) in [5, 5.41) is -0.574. The van der Waals surface area contributed by atoms with Gasteiger partial charge in [-0.25, -0.2) is 26.5 Å². The van der Waals surface area contributed by atoms with E-state index in [2.05, 4.69) is 4.98 Å². The zero-order chi connectivity index (χ0) is 17.2. The molecule has 0 saturated heterocycles. The number of nitrogens with zero attached hydrogens (tertiary/aromatic N) is 2. The molecular weight excluding hydrogens is 357 g/mol. The average Bonchev–Trinajstić information content (AvgIpc) is 2.48. The van der Waals surface area contributed by atoms with Crippen LogP contribution in [-0.4, -0.2) is 27.2 Å². The molecule has 124 valence electrons. The third-order valence-corrected chi connectivity index (χ3v) is 4.78. The highest BCUT2D eigenvalue weighted by atomic mass is 35.5. The maximum Gasteiger partial charge on any atom is 0.270 e. The molecule has 0 aliphatic carbocycles. The molecule has 0 radical (unpaired) electrons. The van der Waals surface area contributed by atoms with Gasteiger partial charge < -0.3 is 4.74 Å². The van der Waals surface area contributed by atoms with Crippen LogP contribution in [0.4, 0.5) is 19.0 Å². The van der Waals surface area contributed by atoms with E-state index in [-0.39, 0.29) is 5.82 Å². The third-order valence-electron chi connectivity index (χ3n) is 2.75. The molecule has 0 aliphatic rings. The van der Waals surface area contributed by atoms with Crippen LogP contribution in [0.2, 0.25) is 5.02 Å². The van der Waals surface area contributed by atoms with Gasteiger partial charge in [-0.2, -0.15) is 4.39 Å². The fourth-order valence-electron chi connectivity index (χ4n) is 1.73. The summed E-state index contributed by atoms with van der Waals surface area (Å²) >= 11 is 5.51. The molecule has 1 aromatic heterocycles. The van der Waals surface area contributed by atoms with Gasteiger partial charge in [-0.1, -0.05) is 17.7 Å². The van der Waals surface area contributed by atoms with Crippen LogP contribution in [0.15, 0.2) is 35.2 Å². The first-order valence-electron chi connectivity index (χ1n) is 6.06. The molecule has 0 saturated carbocycles. The molecule has 0 aliphatic heterocycles. The SMILES string of the molecule is COCN(c1cccc(F)n1)S(=O)(=O)c1cc(Cl)c(F)cc1F. The average molecular weight is 367 g/mol. The first kappa shape index (κ1) is 17.5. The van der Waals surface area contributed by atoms with Crippen molar-refractivity contribution >= 4 is 27.4 Å². The largest absolute Gasteiger partial charge is 0.363 e. The maximum atomic E-state index is 13.9. The lowest BCUT2D eigenvalue weighted by Gasteiger charge is -2.22. The quantitative estimate of drug-likeness (QED) is 0.464. The van der Waals surface area contributed by atoms with Crippen LogP contribution in [-0.2, 0) is 14.8 Å². The van der Waals surface area contributed by atoms with Crippen LogP contribution in [0.5, 0.6) is 0 Å². The first-order chi connectivity index (χ1) is 10.8. The van der Waals surface area contributed by atoms with E-state index < -0.39 is 44.3 Å². The van der Waals surface area contributed by atoms with Crippen LogP contribution in [0.25, 0.3) is 0 Å². The van der Waals surface area contributed by atoms with Crippen LogP contribution in [0.1, 0.15) is 0 Å². The minimum Gasteiger partial charge on any atom is -0.363 e. The zero-order valence-electron chi connectivity index (χ0n) is 11.6. The molecule has 0 atom stereocenters. The predicted molar refractivity (Wildman–Crippen MR) is 77.1 cm³/mol. The summed E-state index contributed by atoms with van der Waals surface area (Å²) in [4.78, 5) is 2.54. The number of sulfonamides is 1. The molecule has 0 unspecified atom stereocenters. The Labute approximate surface area is 135 Å². The Morgan fingerprint density at radius 1 is 1.22 bits per heavy atom. The van der Waals surface area contributed by atoms with Crippen molar-refractivity contribution in [1.29, 1.82) is 0 Å². The molecule has 10 heteroatoms. The smallest absolute Gasteiger partial charge is 0.270 e. The van der Waals surface area contributed by atoms with E-state index in [9.17, 15) is 21.6 Å². The molecule has 1 aromatic carbocycles. The van der Waals surface area contributed by atoms with E-state index in [4.69, 9.17) is 16.3 Å². The number of hydrogen-bond acceptors (Lipinski definition) is 4. The molecular formula is C13H10ClF3N2O3S. The highest BCUT2D eigenvalue weighted by Gasteiger charge is 2.30. The van der Waals surface area contributed by atoms with E-state index in [1.54, 1.807) is 0 Å². The summed E-state index contributed by atoms with van der Waals surface area (Å²) in [5.74, 6) is -3.71. The lowest BCUT2D eigenvalue weighted by molar-refractivity contribution is 0.209. The number of hydrogen-bond donors (Lipinski definition) is 0. The van der Waals surface area contributed by atoms with Gasteiger partial charge in [-0.15, -0.1) is 0 Å². The second-order valence-corrected chi connectivity index (χ2v) is 6.52. The highest BCUT2D eigenvalue weighted by molar-refractivity contribution is 7.92. The van der Waals surface area contributed by atoms with Crippen LogP contribution in [0.3, 0.4) is 0 Å². The van der Waals surface area contributed by atoms with Crippen molar-refractivity contribution in [3.8, 4) is 0 Å². The number of rotatable bonds is 5. The molecule has 0 fully saturated rings. The number of methoxy groups -OCH3 is 1. The van der Waals surface area contributed by atoms with E-state index in [0.29, 0.717) is 16.4 Å². The molecule has 0 amide bonds. The Kier molecular flexibility index (Phi) is 5.12. The summed E-state index contributed by atoms with van der Waals surface area (Å²) in [6.45, 7) is -0.562. The minimum atomic E-state index is -4.55. The second kappa shape index (κ2) is 6.73. The van der Waals surface area contributed by atoms with Crippen molar-refractivity contribution in [2.75, 3.05) is 18.1 Å². The van der Waals surface area contributed by atoms with Gasteiger partial charge in [-0.05, 0) is 18.2 Å². The van der Waals surface area contributed by atoms with E-state index in [0.717, 1.165) is 6.07 Å². The standard InChI is InChI=1S/C13H10ClF3N2O3S/c1-22-7-19(13-4-2-3-12(17)18-13)23(20,21)11-5-8(14)9(15)6-10(11)16/h2-6H,7H2,1H3. The number of aromatic nitrogens is 1. The van der Waals surface area contributed by atoms with Crippen molar-refractivity contribution in [2.45, 2.75) is 4.90 Å². The van der Waals surface area contributed by atoms with Crippen molar-refractivity contribution < 1.29 is 26.3 Å². The van der Waals surface area contributed by atoms with E-state index in [1.165, 1.54) is 19.2 Å². The van der Waals surface area contributed by atoms with Gasteiger partial charge in [0, 0.05) is 13.2 Å². The van der Waals surface area contributed by atoms with Gasteiger partial charge in [0.1, 0.15) is 29.1 Å². The highest BCUT2D eigenvalue weighted by Crippen LogP contribution is 2.28. The number of ether oxygens (including phenoxy) is 1. The molecule has 0 bridgehead atoms. The Balaban J connectivity index is 2.60. The molecule has 0 N–H and O–H groups in total. The van der Waals surface area contributed by atoms with Crippen LogP contribution < -0.4 is 4.31 Å². The van der Waals surface area contributed by atoms with Gasteiger partial charge in [0.25, 0.3) is 10.0 Å². The van der Waals surface area contributed by atoms with E-state index >= 15 is 0 Å². The molecule has 0 spiro atoms. The van der Waals surface area contributed by atoms with Crippen molar-refractivity contribution in [3.05, 3.63) is 52.9 Å². The van der Waals surface area contributed by atoms with Gasteiger partial charge in [0.15, 0.2) is 0 Å². The monoisotopic (exact) mass is 366 g/mol. The normalized spacial score (nSPS) is 11.5. The van der Waals surface area contributed by atoms with Crippen molar-refractivity contribution in [2.24, 2.45) is 0 Å². The van der Waals surface area contributed by atoms with Crippen LogP contribution in [0, 0.1) is 17.6 Å². The van der Waals surface area contributed by atoms with E-state index in [1.807, 2.05) is 0 Å². The summed E-state index contributed by atoms with van der Waals surface area (Å²) in [6.07, 6.45) is 0. The summed E-state index contributed by atoms with van der Waals surface area (Å²) in [5.41, 5.74) is 0. The number of anilines is 1. The number of benzene rings is 1. The summed E-state index contributed by atoms with van der Waals surface area (Å²) in [6, 6.07) is 4.41. The predicted octanol–water partition coefficient (Wildman–Crippen LogP) is 2.95. The Morgan fingerprint density at radius 2 is 1.91 bits per heavy atom. The lowest BCUT2D eigenvalue weighted by Crippen LogP contribution is -2.34. The summed E-state index contributed by atoms with van der Waals surface area (Å²) < 4.78 is 70.8. The van der Waals surface area contributed by atoms with Crippen molar-refractivity contribution in [1.82, 2.24) is 4.98 Å². The fraction of sp³-hybridized carbons (Fsp3) is 0.154. The van der Waals surface area contributed by atoms with Gasteiger partial charge >= 0.3 is 0 Å². The van der Waals surface area contributed by atoms with Gasteiger partial charge in [0.2, 0.25) is 5.95 Å². The Morgan fingerprint density at radius 3 is 2.52 bits per heavy atom. The van der Waals surface area contributed by atoms with Crippen LogP contribution >= 0.6 is 11.6 Å². The topological polar surface area (TPSA) is 59.5 Å². The molecule has 1 heterocycles. The lowest BCUT2D eigenvalue weighted by atomic mass is 10.3. The molecule has 2 aromatic rings. The second-order valence-electron chi connectivity index (χ2n) is 4.29. The maximum absolute atomic E-state index is 13.9. The molecule has 2 rings (SSSR count). The van der Waals surface area contributed by atoms with Gasteiger partial charge in [0.05, 0.1) is 5.02 Å². The first-order valence-corrected chi connectivity index (χ1v) is 7.88. The zero-order valence-corrected chi connectivity index (χ0v) is 13.2. The fourth-order valence-corrected chi connectivity index (χ4v) is 3.36. The Bertz CT molecular complexity index is 833. The Hall–Kier alpha value is -1.84. The minimum absolute atomic E-state index is 0.327.